The molecular weight excluding hydrogens is 436 g/mol. The van der Waals surface area contributed by atoms with Crippen LogP contribution in [0.3, 0.4) is 0 Å². The first-order valence-corrected chi connectivity index (χ1v) is 7.67. The number of phenolic OH excluding ortho intramolecular Hbond substituents is 1. The number of hydrazone groups is 1. The quantitative estimate of drug-likeness (QED) is 0.412. The predicted octanol–water partition coefficient (Wildman–Crippen LogP) is 3.68. The Bertz CT molecular complexity index is 783. The molecule has 0 fully saturated rings. The maximum atomic E-state index is 10.9. The van der Waals surface area contributed by atoms with Gasteiger partial charge in [-0.05, 0) is 44.0 Å². The number of halogens is 2. The second-order valence-corrected chi connectivity index (χ2v) is 5.73. The van der Waals surface area contributed by atoms with E-state index in [4.69, 9.17) is 4.74 Å². The number of phenols is 1. The number of rotatable bonds is 5. The van der Waals surface area contributed by atoms with Crippen molar-refractivity contribution in [1.82, 2.24) is 4.98 Å². The Balaban J connectivity index is 2.29. The van der Waals surface area contributed by atoms with Crippen LogP contribution >= 0.6 is 31.9 Å². The van der Waals surface area contributed by atoms with Gasteiger partial charge in [0.15, 0.2) is 11.5 Å². The first-order valence-electron chi connectivity index (χ1n) is 6.09. The first-order chi connectivity index (χ1) is 11.0. The molecule has 1 aromatic carbocycles. The number of benzene rings is 1. The molecule has 0 radical (unpaired) electrons. The SMILES string of the molecule is COc1cc(/C=N\Nc2ncccc2[N+](=O)[O-])c(Br)c(Br)c1O. The molecule has 8 nitrogen and oxygen atoms in total. The highest BCUT2D eigenvalue weighted by atomic mass is 79.9. The molecule has 2 N–H and O–H groups in total. The van der Waals surface area contributed by atoms with Crippen molar-refractivity contribution >= 4 is 49.6 Å². The Morgan fingerprint density at radius 2 is 2.22 bits per heavy atom. The molecule has 2 rings (SSSR count). The van der Waals surface area contributed by atoms with Crippen molar-refractivity contribution in [2.24, 2.45) is 5.10 Å². The number of ether oxygens (including phenoxy) is 1. The van der Waals surface area contributed by atoms with E-state index < -0.39 is 4.92 Å². The zero-order valence-corrected chi connectivity index (χ0v) is 14.8. The number of nitro groups is 1. The molecule has 10 heteroatoms. The van der Waals surface area contributed by atoms with Gasteiger partial charge < -0.3 is 9.84 Å². The van der Waals surface area contributed by atoms with Gasteiger partial charge in [0.25, 0.3) is 0 Å². The molecule has 1 aromatic heterocycles. The number of aromatic nitrogens is 1. The van der Waals surface area contributed by atoms with Crippen LogP contribution in [-0.2, 0) is 0 Å². The molecule has 0 spiro atoms. The maximum absolute atomic E-state index is 10.9. The summed E-state index contributed by atoms with van der Waals surface area (Å²) in [6.45, 7) is 0. The summed E-state index contributed by atoms with van der Waals surface area (Å²) in [6, 6.07) is 4.34. The fraction of sp³-hybridized carbons (Fsp3) is 0.0769. The molecule has 1 heterocycles. The second-order valence-electron chi connectivity index (χ2n) is 4.14. The number of nitrogens with zero attached hydrogens (tertiary/aromatic N) is 3. The summed E-state index contributed by atoms with van der Waals surface area (Å²) in [5.74, 6) is 0.227. The number of aromatic hydroxyl groups is 1. The van der Waals surface area contributed by atoms with Crippen LogP contribution in [0.5, 0.6) is 11.5 Å². The highest BCUT2D eigenvalue weighted by Gasteiger charge is 2.15. The highest BCUT2D eigenvalue weighted by molar-refractivity contribution is 9.13. The van der Waals surface area contributed by atoms with E-state index in [0.717, 1.165) is 0 Å². The van der Waals surface area contributed by atoms with Crippen LogP contribution in [0.2, 0.25) is 0 Å². The van der Waals surface area contributed by atoms with Gasteiger partial charge in [-0.2, -0.15) is 5.10 Å². The molecule has 0 aliphatic rings. The van der Waals surface area contributed by atoms with Gasteiger partial charge in [-0.25, -0.2) is 4.98 Å². The molecular formula is C13H10Br2N4O4. The fourth-order valence-corrected chi connectivity index (χ4v) is 2.48. The van der Waals surface area contributed by atoms with E-state index in [0.29, 0.717) is 14.5 Å². The van der Waals surface area contributed by atoms with Crippen LogP contribution < -0.4 is 10.2 Å². The summed E-state index contributed by atoms with van der Waals surface area (Å²) >= 11 is 6.54. The molecule has 0 amide bonds. The summed E-state index contributed by atoms with van der Waals surface area (Å²) in [5, 5.41) is 24.7. The van der Waals surface area contributed by atoms with E-state index in [2.05, 4.69) is 47.4 Å². The summed E-state index contributed by atoms with van der Waals surface area (Å²) < 4.78 is 6.01. The van der Waals surface area contributed by atoms with E-state index in [1.54, 1.807) is 6.07 Å². The number of methoxy groups -OCH3 is 1. The minimum atomic E-state index is -0.555. The standard InChI is InChI=1S/C13H10Br2N4O4/c1-23-9-5-7(10(14)11(15)12(9)20)6-17-18-13-8(19(21)22)3-2-4-16-13/h2-6,20H,1H3,(H,16,18)/b17-6-. The zero-order chi connectivity index (χ0) is 17.0. The van der Waals surface area contributed by atoms with E-state index in [9.17, 15) is 15.2 Å². The normalized spacial score (nSPS) is 10.7. The molecule has 0 atom stereocenters. The van der Waals surface area contributed by atoms with Crippen molar-refractivity contribution in [2.45, 2.75) is 0 Å². The van der Waals surface area contributed by atoms with Gasteiger partial charge in [-0.3, -0.25) is 15.5 Å². The summed E-state index contributed by atoms with van der Waals surface area (Å²) in [7, 11) is 1.42. The van der Waals surface area contributed by atoms with Crippen LogP contribution in [0.15, 0.2) is 38.4 Å². The molecule has 2 aromatic rings. The van der Waals surface area contributed by atoms with Crippen molar-refractivity contribution in [3.8, 4) is 11.5 Å². The van der Waals surface area contributed by atoms with E-state index in [1.165, 1.54) is 31.7 Å². The Labute approximate surface area is 147 Å². The number of pyridine rings is 1. The smallest absolute Gasteiger partial charge is 0.313 e. The largest absolute Gasteiger partial charge is 0.503 e. The van der Waals surface area contributed by atoms with E-state index in [1.807, 2.05) is 0 Å². The van der Waals surface area contributed by atoms with Crippen LogP contribution in [0.25, 0.3) is 0 Å². The lowest BCUT2D eigenvalue weighted by atomic mass is 10.2. The van der Waals surface area contributed by atoms with Crippen molar-refractivity contribution in [2.75, 3.05) is 12.5 Å². The molecule has 120 valence electrons. The maximum Gasteiger partial charge on any atom is 0.313 e. The first kappa shape index (κ1) is 17.2. The second kappa shape index (κ2) is 7.38. The molecule has 0 aliphatic carbocycles. The van der Waals surface area contributed by atoms with Gasteiger partial charge in [-0.1, -0.05) is 0 Å². The van der Waals surface area contributed by atoms with E-state index in [-0.39, 0.29) is 23.0 Å². The van der Waals surface area contributed by atoms with E-state index >= 15 is 0 Å². The average molecular weight is 446 g/mol. The van der Waals surface area contributed by atoms with Crippen molar-refractivity contribution in [3.05, 3.63) is 49.0 Å². The number of anilines is 1. The molecule has 0 saturated heterocycles. The van der Waals surface area contributed by atoms with Gasteiger partial charge in [0, 0.05) is 22.3 Å². The predicted molar refractivity (Wildman–Crippen MR) is 92.2 cm³/mol. The molecule has 0 saturated carbocycles. The molecule has 0 aliphatic heterocycles. The number of nitrogens with one attached hydrogen (secondary N) is 1. The Kier molecular flexibility index (Phi) is 5.50. The number of hydrogen-bond acceptors (Lipinski definition) is 7. The van der Waals surface area contributed by atoms with Crippen LogP contribution in [0, 0.1) is 10.1 Å². The Morgan fingerprint density at radius 3 is 2.87 bits per heavy atom. The van der Waals surface area contributed by atoms with Gasteiger partial charge >= 0.3 is 5.69 Å². The average Bonchev–Trinajstić information content (AvgIpc) is 2.55. The Hall–Kier alpha value is -2.20. The highest BCUT2D eigenvalue weighted by Crippen LogP contribution is 2.41. The molecule has 0 bridgehead atoms. The Morgan fingerprint density at radius 1 is 1.48 bits per heavy atom. The molecule has 23 heavy (non-hydrogen) atoms. The monoisotopic (exact) mass is 444 g/mol. The van der Waals surface area contributed by atoms with Crippen LogP contribution in [0.4, 0.5) is 11.5 Å². The lowest BCUT2D eigenvalue weighted by Gasteiger charge is -2.09. The van der Waals surface area contributed by atoms with Gasteiger partial charge in [0.05, 0.1) is 22.7 Å². The van der Waals surface area contributed by atoms with Crippen LogP contribution in [0.1, 0.15) is 5.56 Å². The lowest BCUT2D eigenvalue weighted by Crippen LogP contribution is -1.99. The van der Waals surface area contributed by atoms with Gasteiger partial charge in [0.2, 0.25) is 5.82 Å². The zero-order valence-electron chi connectivity index (χ0n) is 11.7. The van der Waals surface area contributed by atoms with Crippen molar-refractivity contribution in [1.29, 1.82) is 0 Å². The van der Waals surface area contributed by atoms with Gasteiger partial charge in [-0.15, -0.1) is 0 Å². The van der Waals surface area contributed by atoms with Crippen molar-refractivity contribution in [3.63, 3.8) is 0 Å². The third kappa shape index (κ3) is 3.77. The summed E-state index contributed by atoms with van der Waals surface area (Å²) in [5.41, 5.74) is 2.91. The van der Waals surface area contributed by atoms with Crippen LogP contribution in [-0.4, -0.2) is 28.3 Å². The summed E-state index contributed by atoms with van der Waals surface area (Å²) in [4.78, 5) is 14.2. The minimum Gasteiger partial charge on any atom is -0.503 e. The minimum absolute atomic E-state index is 0.0229. The fourth-order valence-electron chi connectivity index (χ4n) is 1.65. The summed E-state index contributed by atoms with van der Waals surface area (Å²) in [6.07, 6.45) is 2.83. The third-order valence-corrected chi connectivity index (χ3v) is 4.91. The third-order valence-electron chi connectivity index (χ3n) is 2.75. The molecule has 0 unspecified atom stereocenters. The van der Waals surface area contributed by atoms with Gasteiger partial charge in [0.1, 0.15) is 0 Å². The topological polar surface area (TPSA) is 110 Å². The van der Waals surface area contributed by atoms with Crippen molar-refractivity contribution < 1.29 is 14.8 Å². The number of hydrogen-bond donors (Lipinski definition) is 2. The lowest BCUT2D eigenvalue weighted by molar-refractivity contribution is -0.384.